The number of hydrogen-bond acceptors (Lipinski definition) is 5. The molecule has 72 valence electrons. The molecule has 0 aliphatic rings. The summed E-state index contributed by atoms with van der Waals surface area (Å²) in [5.74, 6) is 0. The first kappa shape index (κ1) is 11.8. The van der Waals surface area contributed by atoms with Gasteiger partial charge in [0.25, 0.3) is 0 Å². The molecule has 0 heterocycles. The summed E-state index contributed by atoms with van der Waals surface area (Å²) in [7, 11) is -9.78. The minimum Gasteiger partial charge on any atom is -0.383 e. The fourth-order valence-electron chi connectivity index (χ4n) is 0.204. The molecule has 10 heteroatoms. The van der Waals surface area contributed by atoms with Gasteiger partial charge in [-0.25, -0.2) is 13.9 Å². The number of aliphatic hydroxyl groups is 1. The second-order valence-corrected chi connectivity index (χ2v) is 4.87. The van der Waals surface area contributed by atoms with Crippen molar-refractivity contribution in [2.75, 3.05) is 6.35 Å². The molecule has 1 atom stereocenters. The average Bonchev–Trinajstić information content (AvgIpc) is 1.85. The third kappa shape index (κ3) is 3.96. The second kappa shape index (κ2) is 3.66. The van der Waals surface area contributed by atoms with E-state index in [-0.39, 0.29) is 0 Å². The Morgan fingerprint density at radius 2 is 1.67 bits per heavy atom. The maximum absolute atomic E-state index is 10.4. The number of carbonyl (C=O) groups is 1. The molecule has 12 heavy (non-hydrogen) atoms. The van der Waals surface area contributed by atoms with Crippen molar-refractivity contribution in [3.63, 3.8) is 0 Å². The van der Waals surface area contributed by atoms with Gasteiger partial charge in [0.1, 0.15) is 0 Å². The number of hydrogen-bond donors (Lipinski definition) is 4. The normalized spacial score (nSPS) is 16.7. The molecule has 0 aromatic heterocycles. The van der Waals surface area contributed by atoms with Gasteiger partial charge in [-0.15, -0.1) is 0 Å². The largest absolute Gasteiger partial charge is 0.433 e. The van der Waals surface area contributed by atoms with Crippen molar-refractivity contribution in [1.82, 2.24) is 0 Å². The first-order valence-corrected chi connectivity index (χ1v) is 5.79. The summed E-state index contributed by atoms with van der Waals surface area (Å²) in [4.78, 5) is 34.7. The summed E-state index contributed by atoms with van der Waals surface area (Å²) in [6, 6.07) is 0. The van der Waals surface area contributed by atoms with Gasteiger partial charge in [-0.3, -0.25) is 0 Å². The molecule has 4 N–H and O–H groups in total. The Bertz CT molecular complexity index is 262. The van der Waals surface area contributed by atoms with E-state index < -0.39 is 27.2 Å². The molecular weight excluding hydrogens is 214 g/mol. The third-order valence-corrected chi connectivity index (χ3v) is 2.16. The highest BCUT2D eigenvalue weighted by Gasteiger charge is 2.34. The van der Waals surface area contributed by atoms with Gasteiger partial charge in [0.15, 0.2) is 6.35 Å². The van der Waals surface area contributed by atoms with E-state index >= 15 is 0 Å². The van der Waals surface area contributed by atoms with Crippen LogP contribution in [0.1, 0.15) is 0 Å². The second-order valence-electron chi connectivity index (χ2n) is 1.68. The van der Waals surface area contributed by atoms with Crippen LogP contribution in [0.3, 0.4) is 0 Å². The molecule has 0 spiro atoms. The predicted octanol–water partition coefficient (Wildman–Crippen LogP) is -0.564. The van der Waals surface area contributed by atoms with E-state index in [0.29, 0.717) is 0 Å². The van der Waals surface area contributed by atoms with Crippen molar-refractivity contribution in [2.45, 2.75) is 0 Å². The number of rotatable bonds is 3. The zero-order valence-electron chi connectivity index (χ0n) is 5.52. The molecule has 0 rings (SSSR count). The fraction of sp³-hybridized carbons (Fsp3) is 0.500. The molecule has 0 aliphatic carbocycles. The van der Waals surface area contributed by atoms with Crippen molar-refractivity contribution in [2.24, 2.45) is 0 Å². The summed E-state index contributed by atoms with van der Waals surface area (Å²) in [6.07, 6.45) is -1.39. The van der Waals surface area contributed by atoms with Crippen LogP contribution < -0.4 is 0 Å². The zero-order chi connectivity index (χ0) is 9.99. The van der Waals surface area contributed by atoms with E-state index in [9.17, 15) is 13.9 Å². The van der Waals surface area contributed by atoms with Crippen LogP contribution in [0.5, 0.6) is 0 Å². The summed E-state index contributed by atoms with van der Waals surface area (Å²) >= 11 is 0. The molecule has 0 aromatic carbocycles. The highest BCUT2D eigenvalue weighted by molar-refractivity contribution is 7.71. The average molecular weight is 220 g/mol. The lowest BCUT2D eigenvalue weighted by Crippen LogP contribution is -2.02. The van der Waals surface area contributed by atoms with Gasteiger partial charge in [-0.05, 0) is 0 Å². The third-order valence-electron chi connectivity index (χ3n) is 0.637. The monoisotopic (exact) mass is 220 g/mol. The molecule has 0 saturated heterocycles. The number of carbonyl (C=O) groups excluding carboxylic acids is 1. The molecule has 0 bridgehead atoms. The Labute approximate surface area is 66.5 Å². The minimum atomic E-state index is -5.17. The lowest BCUT2D eigenvalue weighted by molar-refractivity contribution is 0.199. The molecule has 1 unspecified atom stereocenters. The smallest absolute Gasteiger partial charge is 0.383 e. The lowest BCUT2D eigenvalue weighted by atomic mass is 11.6. The van der Waals surface area contributed by atoms with Crippen LogP contribution in [-0.2, 0) is 13.7 Å². The van der Waals surface area contributed by atoms with Crippen LogP contribution in [0.2, 0.25) is 0 Å². The quantitative estimate of drug-likeness (QED) is 0.463. The van der Waals surface area contributed by atoms with Crippen molar-refractivity contribution < 1.29 is 38.2 Å². The van der Waals surface area contributed by atoms with E-state index in [1.165, 1.54) is 0 Å². The highest BCUT2D eigenvalue weighted by Crippen LogP contribution is 2.48. The van der Waals surface area contributed by atoms with Gasteiger partial charge in [0.05, 0.1) is 0 Å². The Kier molecular flexibility index (Phi) is 3.59. The number of aliphatic hydroxyl groups excluding tert-OH is 1. The van der Waals surface area contributed by atoms with Crippen molar-refractivity contribution in [3.8, 4) is 0 Å². The maximum Gasteiger partial charge on any atom is 0.433 e. The summed E-state index contributed by atoms with van der Waals surface area (Å²) in [5, 5.41) is 8.07. The van der Waals surface area contributed by atoms with E-state index in [2.05, 4.69) is 4.52 Å². The predicted molar refractivity (Wildman–Crippen MR) is 35.4 cm³/mol. The Morgan fingerprint density at radius 3 is 1.92 bits per heavy atom. The molecule has 0 aromatic rings. The summed E-state index contributed by atoms with van der Waals surface area (Å²) in [5.41, 5.74) is -2.14. The minimum absolute atomic E-state index is 1.39. The summed E-state index contributed by atoms with van der Waals surface area (Å²) in [6.45, 7) is 0. The molecule has 0 aliphatic heterocycles. The zero-order valence-corrected chi connectivity index (χ0v) is 7.31. The Morgan fingerprint density at radius 1 is 1.25 bits per heavy atom. The topological polar surface area (TPSA) is 141 Å². The maximum atomic E-state index is 10.4. The van der Waals surface area contributed by atoms with E-state index in [1.54, 1.807) is 0 Å². The first-order valence-electron chi connectivity index (χ1n) is 2.41. The van der Waals surface area contributed by atoms with Crippen LogP contribution in [0.15, 0.2) is 0 Å². The van der Waals surface area contributed by atoms with E-state index in [0.717, 1.165) is 0 Å². The van der Waals surface area contributed by atoms with Gasteiger partial charge < -0.3 is 24.3 Å². The van der Waals surface area contributed by atoms with Gasteiger partial charge in [0, 0.05) is 0 Å². The SMILES string of the molecule is O=C(OP(=O)(O)CO)P(=O)(O)O. The van der Waals surface area contributed by atoms with Crippen LogP contribution in [-0.4, -0.2) is 31.8 Å². The van der Waals surface area contributed by atoms with Crippen LogP contribution in [0.4, 0.5) is 4.79 Å². The van der Waals surface area contributed by atoms with Crippen molar-refractivity contribution in [3.05, 3.63) is 0 Å². The summed E-state index contributed by atoms with van der Waals surface area (Å²) < 4.78 is 23.8. The van der Waals surface area contributed by atoms with Crippen molar-refractivity contribution >= 4 is 20.9 Å². The highest BCUT2D eigenvalue weighted by atomic mass is 31.2. The van der Waals surface area contributed by atoms with Crippen LogP contribution in [0, 0.1) is 0 Å². The molecule has 0 saturated carbocycles. The van der Waals surface area contributed by atoms with Crippen LogP contribution >= 0.6 is 15.2 Å². The van der Waals surface area contributed by atoms with Gasteiger partial charge in [0.2, 0.25) is 0 Å². The standard InChI is InChI=1S/C2H6O8P2/c3-1-11(5,6)10-2(4)12(7,8)9/h3H,1H2,(H,5,6)(H2,7,8,9). The van der Waals surface area contributed by atoms with Gasteiger partial charge in [-0.2, -0.15) is 0 Å². The first-order chi connectivity index (χ1) is 5.19. The molecule has 8 nitrogen and oxygen atoms in total. The van der Waals surface area contributed by atoms with E-state index in [1.807, 2.05) is 0 Å². The van der Waals surface area contributed by atoms with Gasteiger partial charge >= 0.3 is 20.9 Å². The Hall–Kier alpha value is -0.230. The van der Waals surface area contributed by atoms with Crippen molar-refractivity contribution in [1.29, 1.82) is 0 Å². The van der Waals surface area contributed by atoms with Crippen LogP contribution in [0.25, 0.3) is 0 Å². The molecule has 0 fully saturated rings. The van der Waals surface area contributed by atoms with Gasteiger partial charge in [-0.1, -0.05) is 0 Å². The molecular formula is C2H6O8P2. The lowest BCUT2D eigenvalue weighted by Gasteiger charge is -2.08. The fourth-order valence-corrected chi connectivity index (χ4v) is 1.31. The molecule has 0 amide bonds. The van der Waals surface area contributed by atoms with E-state index in [4.69, 9.17) is 19.8 Å². The Balaban J connectivity index is 4.41. The molecule has 0 radical (unpaired) electrons.